The number of hydrogen-bond acceptors (Lipinski definition) is 2. The molecule has 2 nitrogen and oxygen atoms in total. The average molecular weight is 287 g/mol. The molecule has 0 heterocycles. The van der Waals surface area contributed by atoms with Gasteiger partial charge in [0.1, 0.15) is 22.3 Å². The predicted molar refractivity (Wildman–Crippen MR) is 74.7 cm³/mol. The van der Waals surface area contributed by atoms with Gasteiger partial charge in [0.15, 0.2) is 0 Å². The fraction of sp³-hybridized carbons (Fsp3) is 0.429. The Morgan fingerprint density at radius 3 is 2.26 bits per heavy atom. The van der Waals surface area contributed by atoms with E-state index in [4.69, 9.17) is 0 Å². The minimum absolute atomic E-state index is 0.00935. The maximum Gasteiger partial charge on any atom is 0.136 e. The molecule has 1 rings (SSSR count). The molecule has 0 bridgehead atoms. The first-order valence-corrected chi connectivity index (χ1v) is 7.01. The number of halogens is 2. The number of alkyl halides is 1. The lowest BCUT2D eigenvalue weighted by Gasteiger charge is -2.36. The van der Waals surface area contributed by atoms with Gasteiger partial charge in [-0.25, -0.2) is 8.78 Å². The van der Waals surface area contributed by atoms with Crippen molar-refractivity contribution in [2.45, 2.75) is 37.2 Å². The van der Waals surface area contributed by atoms with Crippen molar-refractivity contribution in [2.75, 3.05) is 0 Å². The van der Waals surface area contributed by atoms with Crippen LogP contribution < -0.4 is 4.72 Å². The Balaban J connectivity index is 3.16. The van der Waals surface area contributed by atoms with E-state index < -0.39 is 33.6 Å². The Morgan fingerprint density at radius 2 is 1.84 bits per heavy atom. The van der Waals surface area contributed by atoms with Crippen molar-refractivity contribution in [2.24, 2.45) is 0 Å². The largest absolute Gasteiger partial charge is 0.598 e. The second kappa shape index (κ2) is 5.77. The van der Waals surface area contributed by atoms with Gasteiger partial charge in [-0.2, -0.15) is 0 Å². The molecule has 1 aromatic carbocycles. The molecule has 0 fully saturated rings. The lowest BCUT2D eigenvalue weighted by Crippen LogP contribution is -2.54. The Morgan fingerprint density at radius 1 is 1.32 bits per heavy atom. The molecular formula is C14H19F2NOS. The molecule has 2 radical (unpaired) electrons. The van der Waals surface area contributed by atoms with Crippen molar-refractivity contribution >= 4 is 11.4 Å². The van der Waals surface area contributed by atoms with Crippen LogP contribution in [0, 0.1) is 19.7 Å². The van der Waals surface area contributed by atoms with Gasteiger partial charge < -0.3 is 4.55 Å². The molecule has 106 valence electrons. The monoisotopic (exact) mass is 287 g/mol. The van der Waals surface area contributed by atoms with Crippen molar-refractivity contribution in [3.63, 3.8) is 0 Å². The Hall–Kier alpha value is -0.650. The van der Waals surface area contributed by atoms with E-state index in [0.717, 1.165) is 0 Å². The highest BCUT2D eigenvalue weighted by molar-refractivity contribution is 7.90. The summed E-state index contributed by atoms with van der Waals surface area (Å²) in [6.45, 7) is 12.1. The summed E-state index contributed by atoms with van der Waals surface area (Å²) in [7, 11) is 0. The van der Waals surface area contributed by atoms with E-state index in [1.807, 2.05) is 0 Å². The summed E-state index contributed by atoms with van der Waals surface area (Å²) in [6, 6.07) is 5.69. The maximum atomic E-state index is 13.8. The van der Waals surface area contributed by atoms with Crippen LogP contribution in [0.2, 0.25) is 0 Å². The summed E-state index contributed by atoms with van der Waals surface area (Å²) in [5.74, 6) is -0.609. The van der Waals surface area contributed by atoms with Crippen molar-refractivity contribution in [1.82, 2.24) is 4.72 Å². The van der Waals surface area contributed by atoms with Crippen LogP contribution in [0.15, 0.2) is 24.3 Å². The van der Waals surface area contributed by atoms with Gasteiger partial charge in [0.2, 0.25) is 0 Å². The molecule has 0 aromatic heterocycles. The number of nitrogens with one attached hydrogen (secondary N) is 1. The van der Waals surface area contributed by atoms with E-state index in [1.165, 1.54) is 18.2 Å². The van der Waals surface area contributed by atoms with Crippen LogP contribution in [0.4, 0.5) is 8.78 Å². The molecule has 0 spiro atoms. The lowest BCUT2D eigenvalue weighted by molar-refractivity contribution is 0.251. The third-order valence-corrected chi connectivity index (χ3v) is 4.38. The maximum absolute atomic E-state index is 13.8. The van der Waals surface area contributed by atoms with Gasteiger partial charge in [0, 0.05) is 16.9 Å². The zero-order valence-corrected chi connectivity index (χ0v) is 12.2. The van der Waals surface area contributed by atoms with E-state index in [-0.39, 0.29) is 5.56 Å². The third kappa shape index (κ3) is 3.68. The third-order valence-electron chi connectivity index (χ3n) is 2.72. The Bertz CT molecular complexity index is 434. The molecule has 1 N–H and O–H groups in total. The first kappa shape index (κ1) is 16.4. The van der Waals surface area contributed by atoms with E-state index in [9.17, 15) is 13.3 Å². The van der Waals surface area contributed by atoms with Crippen molar-refractivity contribution in [3.05, 3.63) is 49.5 Å². The molecule has 0 saturated heterocycles. The van der Waals surface area contributed by atoms with Gasteiger partial charge in [-0.1, -0.05) is 18.2 Å². The smallest absolute Gasteiger partial charge is 0.136 e. The summed E-state index contributed by atoms with van der Waals surface area (Å²) in [4.78, 5) is 0. The second-order valence-corrected chi connectivity index (χ2v) is 7.37. The highest BCUT2D eigenvalue weighted by atomic mass is 32.2. The number of benzene rings is 1. The molecule has 0 saturated carbocycles. The van der Waals surface area contributed by atoms with E-state index >= 15 is 0 Å². The van der Waals surface area contributed by atoms with Gasteiger partial charge in [-0.15, -0.1) is 4.72 Å². The fourth-order valence-corrected chi connectivity index (χ4v) is 2.30. The van der Waals surface area contributed by atoms with Crippen LogP contribution >= 0.6 is 0 Å². The molecule has 2 unspecified atom stereocenters. The topological polar surface area (TPSA) is 35.1 Å². The Labute approximate surface area is 116 Å². The molecule has 1 aromatic rings. The number of rotatable bonds is 4. The summed E-state index contributed by atoms with van der Waals surface area (Å²) >= 11 is -1.60. The van der Waals surface area contributed by atoms with Crippen molar-refractivity contribution < 1.29 is 13.3 Å². The average Bonchev–Trinajstić information content (AvgIpc) is 2.27. The highest BCUT2D eigenvalue weighted by Crippen LogP contribution is 2.31. The predicted octanol–water partition coefficient (Wildman–Crippen LogP) is 3.08. The van der Waals surface area contributed by atoms with Gasteiger partial charge >= 0.3 is 0 Å². The SMILES string of the molecule is [CH2]C(F)C([CH2])(N[S@+]([O-])C(C)(C)C)c1ccccc1F. The van der Waals surface area contributed by atoms with E-state index in [1.54, 1.807) is 26.8 Å². The molecule has 3 atom stereocenters. The van der Waals surface area contributed by atoms with Crippen LogP contribution in [-0.4, -0.2) is 15.5 Å². The van der Waals surface area contributed by atoms with Gasteiger partial charge in [-0.3, -0.25) is 0 Å². The number of hydrogen-bond donors (Lipinski definition) is 1. The van der Waals surface area contributed by atoms with Crippen LogP contribution in [-0.2, 0) is 16.9 Å². The van der Waals surface area contributed by atoms with Gasteiger partial charge in [0.05, 0.1) is 0 Å². The minimum Gasteiger partial charge on any atom is -0.598 e. The molecule has 0 amide bonds. The minimum atomic E-state index is -1.75. The normalized spacial score (nSPS) is 18.7. The first-order chi connectivity index (χ1) is 8.59. The Kier molecular flexibility index (Phi) is 4.98. The first-order valence-electron chi connectivity index (χ1n) is 5.86. The van der Waals surface area contributed by atoms with Crippen molar-refractivity contribution in [1.29, 1.82) is 0 Å². The van der Waals surface area contributed by atoms with Gasteiger partial charge in [-0.05, 0) is 40.7 Å². The van der Waals surface area contributed by atoms with Crippen LogP contribution in [0.5, 0.6) is 0 Å². The summed E-state index contributed by atoms with van der Waals surface area (Å²) in [5.41, 5.74) is -1.68. The molecule has 0 aliphatic heterocycles. The zero-order chi connectivity index (χ0) is 14.8. The zero-order valence-electron chi connectivity index (χ0n) is 11.4. The summed E-state index contributed by atoms with van der Waals surface area (Å²) < 4.78 is 41.7. The summed E-state index contributed by atoms with van der Waals surface area (Å²) in [5, 5.41) is 0. The van der Waals surface area contributed by atoms with Crippen LogP contribution in [0.1, 0.15) is 26.3 Å². The molecule has 19 heavy (non-hydrogen) atoms. The summed E-state index contributed by atoms with van der Waals surface area (Å²) in [6.07, 6.45) is -1.75. The molecule has 0 aliphatic carbocycles. The van der Waals surface area contributed by atoms with Crippen LogP contribution in [0.25, 0.3) is 0 Å². The van der Waals surface area contributed by atoms with E-state index in [0.29, 0.717) is 0 Å². The molecular weight excluding hydrogens is 268 g/mol. The van der Waals surface area contributed by atoms with Gasteiger partial charge in [0.25, 0.3) is 0 Å². The molecule has 0 aliphatic rings. The standard InChI is InChI=1S/C14H19F2NOS/c1-10(15)14(5,17-19(18)13(2,3)4)11-8-6-7-9-12(11)16/h6-10,17H,1,5H2,2-4H3/t10?,14?,19-/m1/s1. The van der Waals surface area contributed by atoms with E-state index in [2.05, 4.69) is 18.6 Å². The molecule has 5 heteroatoms. The quantitative estimate of drug-likeness (QED) is 0.864. The van der Waals surface area contributed by atoms with Crippen molar-refractivity contribution in [3.8, 4) is 0 Å². The highest BCUT2D eigenvalue weighted by Gasteiger charge is 2.43. The van der Waals surface area contributed by atoms with Crippen LogP contribution in [0.3, 0.4) is 0 Å². The lowest BCUT2D eigenvalue weighted by atomic mass is 9.89. The fourth-order valence-electron chi connectivity index (χ4n) is 1.43. The second-order valence-electron chi connectivity index (χ2n) is 5.40.